The number of methoxy groups -OCH3 is 2. The molecule has 0 saturated heterocycles. The lowest BCUT2D eigenvalue weighted by Gasteiger charge is -2.20. The molecule has 2 aromatic carbocycles. The summed E-state index contributed by atoms with van der Waals surface area (Å²) in [5.41, 5.74) is 2.07. The molecule has 7 heteroatoms. The van der Waals surface area contributed by atoms with Crippen LogP contribution in [0, 0.1) is 6.92 Å². The molecule has 0 unspecified atom stereocenters. The zero-order valence-electron chi connectivity index (χ0n) is 16.5. The Labute approximate surface area is 161 Å². The van der Waals surface area contributed by atoms with Gasteiger partial charge in [0.1, 0.15) is 11.5 Å². The molecule has 0 amide bonds. The third-order valence-electron chi connectivity index (χ3n) is 4.16. The summed E-state index contributed by atoms with van der Waals surface area (Å²) in [6, 6.07) is 10.6. The standard InChI is InChI=1S/C20H26N2O4S/c1-14-7-9-16(20(2,3)4)11-19(14)27(23,24)22-21-13-15-8-10-17(25-5)12-18(15)26-6/h7-13,22H,1-6H3/b21-13+. The molecule has 0 aliphatic carbocycles. The third kappa shape index (κ3) is 5.01. The largest absolute Gasteiger partial charge is 0.497 e. The quantitative estimate of drug-likeness (QED) is 0.604. The second-order valence-electron chi connectivity index (χ2n) is 7.19. The molecule has 0 aromatic heterocycles. The van der Waals surface area contributed by atoms with Crippen LogP contribution in [-0.4, -0.2) is 28.9 Å². The third-order valence-corrected chi connectivity index (χ3v) is 5.53. The van der Waals surface area contributed by atoms with Crippen LogP contribution in [-0.2, 0) is 15.4 Å². The molecule has 6 nitrogen and oxygen atoms in total. The van der Waals surface area contributed by atoms with E-state index in [0.29, 0.717) is 22.6 Å². The molecule has 0 radical (unpaired) electrons. The first kappa shape index (κ1) is 20.8. The van der Waals surface area contributed by atoms with E-state index in [1.165, 1.54) is 13.3 Å². The number of rotatable bonds is 6. The number of hydrogen-bond acceptors (Lipinski definition) is 5. The molecular weight excluding hydrogens is 364 g/mol. The average molecular weight is 391 g/mol. The minimum Gasteiger partial charge on any atom is -0.497 e. The highest BCUT2D eigenvalue weighted by molar-refractivity contribution is 7.89. The van der Waals surface area contributed by atoms with Crippen LogP contribution in [0.1, 0.15) is 37.5 Å². The minimum absolute atomic E-state index is 0.155. The van der Waals surface area contributed by atoms with Crippen LogP contribution in [0.25, 0.3) is 0 Å². The molecule has 2 aromatic rings. The summed E-state index contributed by atoms with van der Waals surface area (Å²) in [7, 11) is -0.704. The van der Waals surface area contributed by atoms with Gasteiger partial charge in [-0.05, 0) is 41.7 Å². The van der Waals surface area contributed by atoms with Crippen molar-refractivity contribution in [3.63, 3.8) is 0 Å². The van der Waals surface area contributed by atoms with Gasteiger partial charge in [0.25, 0.3) is 10.0 Å². The summed E-state index contributed by atoms with van der Waals surface area (Å²) < 4.78 is 35.8. The predicted molar refractivity (Wildman–Crippen MR) is 107 cm³/mol. The van der Waals surface area contributed by atoms with E-state index in [2.05, 4.69) is 9.93 Å². The number of hydrazone groups is 1. The normalized spacial score (nSPS) is 12.2. The van der Waals surface area contributed by atoms with E-state index in [4.69, 9.17) is 9.47 Å². The van der Waals surface area contributed by atoms with Crippen molar-refractivity contribution in [1.29, 1.82) is 0 Å². The highest BCUT2D eigenvalue weighted by Gasteiger charge is 2.21. The van der Waals surface area contributed by atoms with Gasteiger partial charge < -0.3 is 9.47 Å². The van der Waals surface area contributed by atoms with E-state index >= 15 is 0 Å². The maximum absolute atomic E-state index is 12.7. The maximum Gasteiger partial charge on any atom is 0.276 e. The predicted octanol–water partition coefficient (Wildman–Crippen LogP) is 3.62. The van der Waals surface area contributed by atoms with Gasteiger partial charge in [0.05, 0.1) is 25.3 Å². The molecule has 0 spiro atoms. The first-order valence-corrected chi connectivity index (χ1v) is 9.95. The van der Waals surface area contributed by atoms with E-state index in [1.54, 1.807) is 38.3 Å². The average Bonchev–Trinajstić information content (AvgIpc) is 2.61. The Morgan fingerprint density at radius 3 is 2.33 bits per heavy atom. The van der Waals surface area contributed by atoms with Gasteiger partial charge >= 0.3 is 0 Å². The minimum atomic E-state index is -3.79. The van der Waals surface area contributed by atoms with Crippen molar-refractivity contribution in [2.24, 2.45) is 5.10 Å². The molecule has 1 N–H and O–H groups in total. The lowest BCUT2D eigenvalue weighted by molar-refractivity contribution is 0.394. The number of nitrogens with zero attached hydrogens (tertiary/aromatic N) is 1. The van der Waals surface area contributed by atoms with Crippen molar-refractivity contribution in [1.82, 2.24) is 4.83 Å². The van der Waals surface area contributed by atoms with Crippen molar-refractivity contribution in [3.05, 3.63) is 53.1 Å². The highest BCUT2D eigenvalue weighted by atomic mass is 32.2. The first-order chi connectivity index (χ1) is 12.6. The smallest absolute Gasteiger partial charge is 0.276 e. The second-order valence-corrected chi connectivity index (χ2v) is 8.82. The lowest BCUT2D eigenvalue weighted by atomic mass is 9.87. The Hall–Kier alpha value is -2.54. The summed E-state index contributed by atoms with van der Waals surface area (Å²) in [6.45, 7) is 7.87. The van der Waals surface area contributed by atoms with Crippen LogP contribution in [0.2, 0.25) is 0 Å². The highest BCUT2D eigenvalue weighted by Crippen LogP contribution is 2.27. The monoisotopic (exact) mass is 390 g/mol. The molecule has 27 heavy (non-hydrogen) atoms. The van der Waals surface area contributed by atoms with Gasteiger partial charge in [-0.2, -0.15) is 13.5 Å². The van der Waals surface area contributed by atoms with Crippen LogP contribution in [0.5, 0.6) is 11.5 Å². The number of aryl methyl sites for hydroxylation is 1. The summed E-state index contributed by atoms with van der Waals surface area (Å²) in [4.78, 5) is 2.49. The van der Waals surface area contributed by atoms with Crippen molar-refractivity contribution in [2.75, 3.05) is 14.2 Å². The van der Waals surface area contributed by atoms with Crippen LogP contribution in [0.4, 0.5) is 0 Å². The van der Waals surface area contributed by atoms with Crippen LogP contribution >= 0.6 is 0 Å². The SMILES string of the molecule is COc1ccc(/C=N/NS(=O)(=O)c2cc(C(C)(C)C)ccc2C)c(OC)c1. The zero-order chi connectivity index (χ0) is 20.2. The van der Waals surface area contributed by atoms with E-state index in [9.17, 15) is 8.42 Å². The number of hydrogen-bond donors (Lipinski definition) is 1. The van der Waals surface area contributed by atoms with Crippen LogP contribution < -0.4 is 14.3 Å². The van der Waals surface area contributed by atoms with Gasteiger partial charge in [-0.25, -0.2) is 4.83 Å². The van der Waals surface area contributed by atoms with Gasteiger partial charge in [0.15, 0.2) is 0 Å². The summed E-state index contributed by atoms with van der Waals surface area (Å²) in [6.07, 6.45) is 1.40. The Kier molecular flexibility index (Phi) is 6.15. The fraction of sp³-hybridized carbons (Fsp3) is 0.350. The van der Waals surface area contributed by atoms with Gasteiger partial charge in [-0.15, -0.1) is 0 Å². The first-order valence-electron chi connectivity index (χ1n) is 8.46. The van der Waals surface area contributed by atoms with Crippen LogP contribution in [0.3, 0.4) is 0 Å². The van der Waals surface area contributed by atoms with Crippen molar-refractivity contribution >= 4 is 16.2 Å². The Bertz CT molecular complexity index is 945. The lowest BCUT2D eigenvalue weighted by Crippen LogP contribution is -2.21. The number of ether oxygens (including phenoxy) is 2. The fourth-order valence-electron chi connectivity index (χ4n) is 2.50. The fourth-order valence-corrected chi connectivity index (χ4v) is 3.56. The summed E-state index contributed by atoms with van der Waals surface area (Å²) >= 11 is 0. The number of sulfonamides is 1. The molecule has 0 heterocycles. The van der Waals surface area contributed by atoms with Crippen LogP contribution in [0.15, 0.2) is 46.4 Å². The molecule has 2 rings (SSSR count). The Morgan fingerprint density at radius 1 is 1.04 bits per heavy atom. The topological polar surface area (TPSA) is 77.0 Å². The zero-order valence-corrected chi connectivity index (χ0v) is 17.3. The van der Waals surface area contributed by atoms with Gasteiger partial charge in [0, 0.05) is 11.6 Å². The Morgan fingerprint density at radius 2 is 1.74 bits per heavy atom. The number of nitrogens with one attached hydrogen (secondary N) is 1. The molecule has 0 bridgehead atoms. The van der Waals surface area contributed by atoms with E-state index in [-0.39, 0.29) is 10.3 Å². The van der Waals surface area contributed by atoms with Crippen molar-refractivity contribution in [3.8, 4) is 11.5 Å². The summed E-state index contributed by atoms with van der Waals surface area (Å²) in [5.74, 6) is 1.17. The molecule has 0 fully saturated rings. The molecule has 0 saturated carbocycles. The van der Waals surface area contributed by atoms with E-state index in [0.717, 1.165) is 5.56 Å². The molecule has 0 atom stereocenters. The molecular formula is C20H26N2O4S. The maximum atomic E-state index is 12.7. The van der Waals surface area contributed by atoms with E-state index in [1.807, 2.05) is 32.9 Å². The van der Waals surface area contributed by atoms with Gasteiger partial charge in [-0.1, -0.05) is 32.9 Å². The molecule has 0 aliphatic rings. The Balaban J connectivity index is 2.29. The molecule has 146 valence electrons. The van der Waals surface area contributed by atoms with Gasteiger partial charge in [0.2, 0.25) is 0 Å². The number of benzene rings is 2. The van der Waals surface area contributed by atoms with Gasteiger partial charge in [-0.3, -0.25) is 0 Å². The molecule has 0 aliphatic heterocycles. The van der Waals surface area contributed by atoms with E-state index < -0.39 is 10.0 Å². The van der Waals surface area contributed by atoms with Crippen molar-refractivity contribution in [2.45, 2.75) is 38.0 Å². The van der Waals surface area contributed by atoms with Crippen molar-refractivity contribution < 1.29 is 17.9 Å². The summed E-state index contributed by atoms with van der Waals surface area (Å²) in [5, 5.41) is 3.90. The second kappa shape index (κ2) is 8.00.